The van der Waals surface area contributed by atoms with E-state index in [0.717, 1.165) is 4.90 Å². The summed E-state index contributed by atoms with van der Waals surface area (Å²) in [5.74, 6) is -1.22. The van der Waals surface area contributed by atoms with E-state index in [-0.39, 0.29) is 30.1 Å². The monoisotopic (exact) mass is 615 g/mol. The van der Waals surface area contributed by atoms with Gasteiger partial charge in [0.25, 0.3) is 0 Å². The Balaban J connectivity index is 1.43. The highest BCUT2D eigenvalue weighted by Gasteiger charge is 2.66. The Hall–Kier alpha value is -3.35. The summed E-state index contributed by atoms with van der Waals surface area (Å²) in [6, 6.07) is 3.07. The van der Waals surface area contributed by atoms with Gasteiger partial charge in [0.15, 0.2) is 0 Å². The molecule has 2 aliphatic heterocycles. The first-order valence-corrected chi connectivity index (χ1v) is 14.0. The van der Waals surface area contributed by atoms with Crippen LogP contribution in [0.3, 0.4) is 0 Å². The van der Waals surface area contributed by atoms with E-state index >= 15 is 0 Å². The van der Waals surface area contributed by atoms with E-state index in [0.29, 0.717) is 55.6 Å². The van der Waals surface area contributed by atoms with Gasteiger partial charge in [0.2, 0.25) is 0 Å². The second kappa shape index (κ2) is 10.7. The number of rotatable bonds is 5. The Labute approximate surface area is 244 Å². The highest BCUT2D eigenvalue weighted by Crippen LogP contribution is 2.59. The van der Waals surface area contributed by atoms with E-state index in [1.807, 2.05) is 0 Å². The van der Waals surface area contributed by atoms with Crippen LogP contribution in [0.5, 0.6) is 0 Å². The van der Waals surface area contributed by atoms with Crippen LogP contribution in [0, 0.1) is 24.1 Å². The van der Waals surface area contributed by atoms with Crippen LogP contribution >= 0.6 is 0 Å². The molecule has 13 heteroatoms. The fourth-order valence-electron chi connectivity index (χ4n) is 6.76. The van der Waals surface area contributed by atoms with Crippen molar-refractivity contribution in [3.05, 3.63) is 70.0 Å². The molecule has 2 heterocycles. The minimum Gasteiger partial charge on any atom is -0.481 e. The van der Waals surface area contributed by atoms with Gasteiger partial charge >= 0.3 is 24.4 Å². The number of nitrogens with zero attached hydrogens (tertiary/aromatic N) is 3. The second-order valence-corrected chi connectivity index (χ2v) is 12.1. The smallest absolute Gasteiger partial charge is 0.416 e. The van der Waals surface area contributed by atoms with Gasteiger partial charge in [0.1, 0.15) is 5.82 Å². The number of likely N-dealkylation sites (tertiary alicyclic amines) is 2. The maximum Gasteiger partial charge on any atom is 0.416 e. The number of piperidine rings is 2. The van der Waals surface area contributed by atoms with Crippen molar-refractivity contribution in [1.82, 2.24) is 14.7 Å². The van der Waals surface area contributed by atoms with Crippen LogP contribution in [-0.4, -0.2) is 64.5 Å². The second-order valence-electron chi connectivity index (χ2n) is 12.1. The van der Waals surface area contributed by atoms with Crippen LogP contribution in [0.2, 0.25) is 0 Å². The lowest BCUT2D eigenvalue weighted by Gasteiger charge is -2.45. The Morgan fingerprint density at radius 3 is 2.21 bits per heavy atom. The minimum absolute atomic E-state index is 0.0486. The fourth-order valence-corrected chi connectivity index (χ4v) is 6.76. The topological polar surface area (TPSA) is 64.1 Å². The number of alkyl halides is 6. The van der Waals surface area contributed by atoms with Crippen molar-refractivity contribution in [2.24, 2.45) is 11.3 Å². The number of aliphatic carboxylic acids is 1. The molecular weight excluding hydrogens is 583 g/mol. The van der Waals surface area contributed by atoms with Gasteiger partial charge in [-0.25, -0.2) is 9.18 Å². The van der Waals surface area contributed by atoms with E-state index < -0.39 is 58.8 Å². The number of aryl methyl sites for hydroxylation is 1. The lowest BCUT2D eigenvalue weighted by Crippen LogP contribution is -2.52. The lowest BCUT2D eigenvalue weighted by molar-refractivity contribution is -0.144. The Morgan fingerprint density at radius 1 is 1.05 bits per heavy atom. The molecule has 43 heavy (non-hydrogen) atoms. The van der Waals surface area contributed by atoms with E-state index in [1.165, 1.54) is 31.0 Å². The molecule has 5 rings (SSSR count). The molecule has 1 aliphatic carbocycles. The number of carbonyl (C=O) groups is 2. The number of hydrogen-bond acceptors (Lipinski definition) is 3. The quantitative estimate of drug-likeness (QED) is 0.372. The molecule has 2 aromatic carbocycles. The van der Waals surface area contributed by atoms with Crippen LogP contribution in [0.25, 0.3) is 0 Å². The molecule has 2 aromatic rings. The number of carboxylic acids is 1. The number of hydrogen-bond donors (Lipinski definition) is 1. The molecular formula is C30H32F7N3O3. The minimum atomic E-state index is -5.03. The van der Waals surface area contributed by atoms with Crippen molar-refractivity contribution in [1.29, 1.82) is 0 Å². The van der Waals surface area contributed by atoms with E-state index in [9.17, 15) is 45.4 Å². The normalized spacial score (nSPS) is 26.7. The first-order valence-electron chi connectivity index (χ1n) is 14.0. The maximum absolute atomic E-state index is 14.0. The summed E-state index contributed by atoms with van der Waals surface area (Å²) in [7, 11) is 1.33. The third kappa shape index (κ3) is 5.80. The van der Waals surface area contributed by atoms with Crippen molar-refractivity contribution < 1.29 is 45.4 Å². The largest absolute Gasteiger partial charge is 0.481 e. The predicted molar refractivity (Wildman–Crippen MR) is 141 cm³/mol. The molecule has 0 bridgehead atoms. The number of halogens is 7. The molecule has 2 amide bonds. The molecule has 3 fully saturated rings. The summed E-state index contributed by atoms with van der Waals surface area (Å²) in [6.07, 6.45) is -8.52. The molecule has 3 aliphatic rings. The molecule has 0 unspecified atom stereocenters. The Morgan fingerprint density at radius 2 is 1.67 bits per heavy atom. The molecule has 6 nitrogen and oxygen atoms in total. The van der Waals surface area contributed by atoms with Gasteiger partial charge in [-0.15, -0.1) is 0 Å². The van der Waals surface area contributed by atoms with Gasteiger partial charge in [-0.2, -0.15) is 26.3 Å². The summed E-state index contributed by atoms with van der Waals surface area (Å²) in [6.45, 7) is 4.28. The van der Waals surface area contributed by atoms with Crippen molar-refractivity contribution in [2.45, 2.75) is 63.6 Å². The van der Waals surface area contributed by atoms with Gasteiger partial charge in [-0.1, -0.05) is 6.07 Å². The van der Waals surface area contributed by atoms with Crippen LogP contribution < -0.4 is 0 Å². The van der Waals surface area contributed by atoms with Crippen molar-refractivity contribution >= 4 is 12.0 Å². The summed E-state index contributed by atoms with van der Waals surface area (Å²) >= 11 is 0. The summed E-state index contributed by atoms with van der Waals surface area (Å²) < 4.78 is 95.0. The summed E-state index contributed by atoms with van der Waals surface area (Å²) in [5, 5.41) is 9.72. The van der Waals surface area contributed by atoms with Crippen LogP contribution in [0.1, 0.15) is 66.1 Å². The van der Waals surface area contributed by atoms with Crippen molar-refractivity contribution in [2.75, 3.05) is 26.7 Å². The first kappa shape index (κ1) is 31.1. The zero-order chi connectivity index (χ0) is 31.6. The zero-order valence-electron chi connectivity index (χ0n) is 23.8. The van der Waals surface area contributed by atoms with Crippen LogP contribution in [0.15, 0.2) is 36.4 Å². The van der Waals surface area contributed by atoms with E-state index in [2.05, 4.69) is 4.90 Å². The predicted octanol–water partition coefficient (Wildman–Crippen LogP) is 6.90. The summed E-state index contributed by atoms with van der Waals surface area (Å²) in [4.78, 5) is 30.5. The van der Waals surface area contributed by atoms with E-state index in [1.54, 1.807) is 13.0 Å². The van der Waals surface area contributed by atoms with Crippen LogP contribution in [-0.2, 0) is 17.1 Å². The number of urea groups is 1. The van der Waals surface area contributed by atoms with Crippen LogP contribution in [0.4, 0.5) is 35.5 Å². The standard InChI is InChI=1S/C30H32F7N3O3/c1-16-8-22(31)4-5-24(16)25-12-23(39-14-21-13-28(21,15-39)26(41)42)6-7-40(25)27(43)38(3)17(2)18-9-19(29(32,33)34)11-20(10-18)30(35,36)37/h4-5,8-11,17,21,23,25H,6-7,12-15H2,1-3H3,(H,41,42)/t17-,21-,23-,25+,28-/m0/s1. The molecule has 0 radical (unpaired) electrons. The van der Waals surface area contributed by atoms with Gasteiger partial charge in [0.05, 0.1) is 28.6 Å². The highest BCUT2D eigenvalue weighted by molar-refractivity contribution is 5.79. The fraction of sp³-hybridized carbons (Fsp3) is 0.533. The Bertz CT molecular complexity index is 1400. The molecule has 0 aromatic heterocycles. The van der Waals surface area contributed by atoms with Gasteiger partial charge in [-0.3, -0.25) is 9.69 Å². The average Bonchev–Trinajstić information content (AvgIpc) is 3.51. The van der Waals surface area contributed by atoms with Crippen molar-refractivity contribution in [3.63, 3.8) is 0 Å². The third-order valence-electron chi connectivity index (χ3n) is 9.50. The molecule has 0 spiro atoms. The third-order valence-corrected chi connectivity index (χ3v) is 9.50. The van der Waals surface area contributed by atoms with Gasteiger partial charge in [-0.05, 0) is 86.1 Å². The first-order chi connectivity index (χ1) is 19.9. The lowest BCUT2D eigenvalue weighted by atomic mass is 9.88. The van der Waals surface area contributed by atoms with E-state index in [4.69, 9.17) is 0 Å². The number of amides is 2. The average molecular weight is 616 g/mol. The molecule has 1 saturated carbocycles. The highest BCUT2D eigenvalue weighted by atomic mass is 19.4. The summed E-state index contributed by atoms with van der Waals surface area (Å²) in [5.41, 5.74) is -2.75. The Kier molecular flexibility index (Phi) is 7.72. The van der Waals surface area contributed by atoms with Gasteiger partial charge < -0.3 is 14.9 Å². The number of fused-ring (bicyclic) bond motifs is 1. The number of carbonyl (C=O) groups excluding carboxylic acids is 1. The molecule has 5 atom stereocenters. The SMILES string of the molecule is Cc1cc(F)ccc1[C@H]1C[C@@H](N2C[C@@H]3C[C@]3(C(=O)O)C2)CCN1C(=O)N(C)[C@@H](C)c1cc(C(F)(F)F)cc(C(F)(F)F)c1. The molecule has 234 valence electrons. The number of carboxylic acid groups (broad SMARTS) is 1. The zero-order valence-corrected chi connectivity index (χ0v) is 23.8. The molecule has 1 N–H and O–H groups in total. The van der Waals surface area contributed by atoms with Crippen molar-refractivity contribution in [3.8, 4) is 0 Å². The maximum atomic E-state index is 14.0. The number of benzene rings is 2. The molecule has 2 saturated heterocycles. The van der Waals surface area contributed by atoms with Gasteiger partial charge in [0, 0.05) is 32.7 Å².